The SMILES string of the molecule is C[Si](C)(C)OCC(O[Si](C)(C)C)C(CO[Si](C)(C)C)O[Si](C)(C)C. The van der Waals surface area contributed by atoms with Gasteiger partial charge in [-0.2, -0.15) is 0 Å². The maximum atomic E-state index is 6.48. The van der Waals surface area contributed by atoms with Crippen molar-refractivity contribution in [1.29, 1.82) is 0 Å². The van der Waals surface area contributed by atoms with Crippen LogP contribution in [0.4, 0.5) is 0 Å². The molecular weight excluding hydrogens is 369 g/mol. The van der Waals surface area contributed by atoms with Crippen LogP contribution in [0.2, 0.25) is 78.6 Å². The lowest BCUT2D eigenvalue weighted by Crippen LogP contribution is -2.51. The zero-order valence-corrected chi connectivity index (χ0v) is 22.2. The van der Waals surface area contributed by atoms with Crippen LogP contribution in [0.25, 0.3) is 0 Å². The number of hydrogen-bond acceptors (Lipinski definition) is 4. The van der Waals surface area contributed by atoms with Crippen LogP contribution in [-0.2, 0) is 17.7 Å². The second-order valence-corrected chi connectivity index (χ2v) is 28.3. The van der Waals surface area contributed by atoms with E-state index >= 15 is 0 Å². The minimum Gasteiger partial charge on any atom is -0.415 e. The van der Waals surface area contributed by atoms with E-state index in [9.17, 15) is 0 Å². The fourth-order valence-corrected chi connectivity index (χ4v) is 5.59. The quantitative estimate of drug-likeness (QED) is 0.442. The minimum atomic E-state index is -1.70. The highest BCUT2D eigenvalue weighted by Gasteiger charge is 2.34. The van der Waals surface area contributed by atoms with Gasteiger partial charge >= 0.3 is 0 Å². The zero-order chi connectivity index (χ0) is 19.4. The Kier molecular flexibility index (Phi) is 9.34. The molecule has 0 aliphatic rings. The van der Waals surface area contributed by atoms with E-state index in [1.165, 1.54) is 0 Å². The summed E-state index contributed by atoms with van der Waals surface area (Å²) >= 11 is 0. The molecule has 0 heterocycles. The van der Waals surface area contributed by atoms with Gasteiger partial charge < -0.3 is 17.7 Å². The molecule has 0 aliphatic heterocycles. The first kappa shape index (κ1) is 24.7. The van der Waals surface area contributed by atoms with Crippen molar-refractivity contribution in [2.75, 3.05) is 13.2 Å². The number of rotatable bonds is 11. The molecule has 8 heteroatoms. The van der Waals surface area contributed by atoms with Crippen molar-refractivity contribution < 1.29 is 17.7 Å². The third-order valence-corrected chi connectivity index (χ3v) is 6.87. The molecule has 2 atom stereocenters. The van der Waals surface area contributed by atoms with Crippen molar-refractivity contribution in [2.45, 2.75) is 90.8 Å². The van der Waals surface area contributed by atoms with E-state index in [4.69, 9.17) is 17.7 Å². The first-order valence-corrected chi connectivity index (χ1v) is 22.6. The van der Waals surface area contributed by atoms with Gasteiger partial charge in [0.1, 0.15) is 0 Å². The molecule has 146 valence electrons. The van der Waals surface area contributed by atoms with Crippen LogP contribution < -0.4 is 0 Å². The zero-order valence-electron chi connectivity index (χ0n) is 18.2. The second kappa shape index (κ2) is 9.07. The Hall–Kier alpha value is 0.708. The molecule has 0 aromatic heterocycles. The molecule has 0 saturated heterocycles. The van der Waals surface area contributed by atoms with Gasteiger partial charge in [-0.1, -0.05) is 0 Å². The Labute approximate surface area is 155 Å². The highest BCUT2D eigenvalue weighted by molar-refractivity contribution is 6.71. The Morgan fingerprint density at radius 2 is 0.708 bits per heavy atom. The largest absolute Gasteiger partial charge is 0.415 e. The van der Waals surface area contributed by atoms with E-state index in [0.717, 1.165) is 0 Å². The Bertz CT molecular complexity index is 328. The maximum absolute atomic E-state index is 6.48. The standard InChI is InChI=1S/C16H42O4Si4/c1-21(2,3)17-13-15(19-23(7,8)9)16(20-24(10,11)12)14-18-22(4,5)6/h15-16H,13-14H2,1-12H3. The average molecular weight is 411 g/mol. The van der Waals surface area contributed by atoms with E-state index in [2.05, 4.69) is 78.6 Å². The lowest BCUT2D eigenvalue weighted by atomic mass is 10.2. The summed E-state index contributed by atoms with van der Waals surface area (Å²) in [6, 6.07) is 0. The predicted octanol–water partition coefficient (Wildman–Crippen LogP) is 5.13. The minimum absolute atomic E-state index is 0.0496. The normalized spacial score (nSPS) is 17.0. The van der Waals surface area contributed by atoms with Crippen LogP contribution in [0.1, 0.15) is 0 Å². The van der Waals surface area contributed by atoms with Crippen molar-refractivity contribution in [3.63, 3.8) is 0 Å². The summed E-state index contributed by atoms with van der Waals surface area (Å²) in [6.07, 6.45) is -0.0991. The van der Waals surface area contributed by atoms with Crippen molar-refractivity contribution >= 4 is 33.3 Å². The van der Waals surface area contributed by atoms with Crippen LogP contribution in [0.15, 0.2) is 0 Å². The summed E-state index contributed by atoms with van der Waals surface area (Å²) in [5, 5.41) is 0. The topological polar surface area (TPSA) is 36.9 Å². The molecule has 0 bridgehead atoms. The van der Waals surface area contributed by atoms with E-state index < -0.39 is 33.3 Å². The van der Waals surface area contributed by atoms with Gasteiger partial charge in [-0.3, -0.25) is 0 Å². The molecule has 0 radical (unpaired) electrons. The first-order chi connectivity index (χ1) is 10.4. The van der Waals surface area contributed by atoms with Gasteiger partial charge in [0.15, 0.2) is 33.3 Å². The molecule has 0 saturated carbocycles. The van der Waals surface area contributed by atoms with Crippen LogP contribution in [-0.4, -0.2) is 58.7 Å². The monoisotopic (exact) mass is 410 g/mol. The molecule has 0 aromatic rings. The lowest BCUT2D eigenvalue weighted by Gasteiger charge is -2.38. The van der Waals surface area contributed by atoms with Gasteiger partial charge in [0.25, 0.3) is 0 Å². The Morgan fingerprint density at radius 1 is 0.458 bits per heavy atom. The second-order valence-electron chi connectivity index (χ2n) is 10.4. The number of hydrogen-bond donors (Lipinski definition) is 0. The van der Waals surface area contributed by atoms with E-state index in [1.54, 1.807) is 0 Å². The highest BCUT2D eigenvalue weighted by Crippen LogP contribution is 2.20. The average Bonchev–Trinajstić information content (AvgIpc) is 2.25. The van der Waals surface area contributed by atoms with E-state index in [1.807, 2.05) is 0 Å². The summed E-state index contributed by atoms with van der Waals surface area (Å²) in [7, 11) is -6.61. The molecular formula is C16H42O4Si4. The summed E-state index contributed by atoms with van der Waals surface area (Å²) in [6.45, 7) is 27.8. The fraction of sp³-hybridized carbons (Fsp3) is 1.00. The van der Waals surface area contributed by atoms with Gasteiger partial charge in [0.2, 0.25) is 0 Å². The smallest absolute Gasteiger partial charge is 0.184 e. The van der Waals surface area contributed by atoms with E-state index in [-0.39, 0.29) is 12.2 Å². The third kappa shape index (κ3) is 15.0. The van der Waals surface area contributed by atoms with Crippen molar-refractivity contribution in [3.05, 3.63) is 0 Å². The summed E-state index contributed by atoms with van der Waals surface area (Å²) < 4.78 is 25.3. The predicted molar refractivity (Wildman–Crippen MR) is 115 cm³/mol. The summed E-state index contributed by atoms with van der Waals surface area (Å²) in [5.74, 6) is 0. The molecule has 0 N–H and O–H groups in total. The van der Waals surface area contributed by atoms with Crippen molar-refractivity contribution in [3.8, 4) is 0 Å². The summed E-state index contributed by atoms with van der Waals surface area (Å²) in [4.78, 5) is 0. The first-order valence-electron chi connectivity index (χ1n) is 9.02. The molecule has 4 nitrogen and oxygen atoms in total. The van der Waals surface area contributed by atoms with Gasteiger partial charge in [-0.05, 0) is 78.6 Å². The van der Waals surface area contributed by atoms with Gasteiger partial charge in [-0.25, -0.2) is 0 Å². The molecule has 0 aliphatic carbocycles. The lowest BCUT2D eigenvalue weighted by molar-refractivity contribution is -0.0121. The highest BCUT2D eigenvalue weighted by atomic mass is 28.4. The Morgan fingerprint density at radius 3 is 0.875 bits per heavy atom. The van der Waals surface area contributed by atoms with Crippen molar-refractivity contribution in [1.82, 2.24) is 0 Å². The van der Waals surface area contributed by atoms with Crippen LogP contribution in [0.5, 0.6) is 0 Å². The Balaban J connectivity index is 5.26. The molecule has 0 spiro atoms. The van der Waals surface area contributed by atoms with Crippen LogP contribution in [0, 0.1) is 0 Å². The van der Waals surface area contributed by atoms with Crippen molar-refractivity contribution in [2.24, 2.45) is 0 Å². The van der Waals surface area contributed by atoms with Gasteiger partial charge in [0.05, 0.1) is 25.4 Å². The third-order valence-electron chi connectivity index (χ3n) is 2.79. The molecule has 0 aromatic carbocycles. The fourth-order valence-electron chi connectivity index (χ4n) is 2.01. The van der Waals surface area contributed by atoms with Crippen LogP contribution in [0.3, 0.4) is 0 Å². The van der Waals surface area contributed by atoms with Gasteiger partial charge in [-0.15, -0.1) is 0 Å². The molecule has 24 heavy (non-hydrogen) atoms. The summed E-state index contributed by atoms with van der Waals surface area (Å²) in [5.41, 5.74) is 0. The maximum Gasteiger partial charge on any atom is 0.184 e. The molecule has 2 unspecified atom stereocenters. The van der Waals surface area contributed by atoms with Crippen LogP contribution >= 0.6 is 0 Å². The molecule has 0 amide bonds. The molecule has 0 rings (SSSR count). The van der Waals surface area contributed by atoms with E-state index in [0.29, 0.717) is 13.2 Å². The molecule has 0 fully saturated rings. The van der Waals surface area contributed by atoms with Gasteiger partial charge in [0, 0.05) is 0 Å².